The van der Waals surface area contributed by atoms with E-state index in [4.69, 9.17) is 9.47 Å². The number of aryl methyl sites for hydroxylation is 1. The van der Waals surface area contributed by atoms with E-state index in [9.17, 15) is 4.79 Å². The van der Waals surface area contributed by atoms with Crippen molar-refractivity contribution in [2.24, 2.45) is 0 Å². The maximum absolute atomic E-state index is 11.8. The molecule has 0 bridgehead atoms. The van der Waals surface area contributed by atoms with E-state index in [0.717, 1.165) is 18.5 Å². The van der Waals surface area contributed by atoms with Gasteiger partial charge in [0.15, 0.2) is 11.5 Å². The van der Waals surface area contributed by atoms with Crippen LogP contribution >= 0.6 is 0 Å². The Morgan fingerprint density at radius 2 is 1.91 bits per heavy atom. The standard InChI is InChI=1S/C18H22N2O3/c1-22-16-8-6-15(14-17(16)23-2)7-9-18(21)19-10-5-13-20-11-3-4-12-20/h3-4,6-9,11-12,14H,5,10,13H2,1-2H3,(H,19,21). The highest BCUT2D eigenvalue weighted by molar-refractivity contribution is 5.91. The monoisotopic (exact) mass is 314 g/mol. The molecule has 5 nitrogen and oxygen atoms in total. The summed E-state index contributed by atoms with van der Waals surface area (Å²) in [7, 11) is 3.18. The number of carbonyl (C=O) groups excluding carboxylic acids is 1. The van der Waals surface area contributed by atoms with Crippen molar-refractivity contribution in [1.29, 1.82) is 0 Å². The summed E-state index contributed by atoms with van der Waals surface area (Å²) in [6.07, 6.45) is 8.20. The summed E-state index contributed by atoms with van der Waals surface area (Å²) in [5.41, 5.74) is 0.880. The van der Waals surface area contributed by atoms with Gasteiger partial charge in [-0.25, -0.2) is 0 Å². The van der Waals surface area contributed by atoms with Crippen molar-refractivity contribution in [3.8, 4) is 11.5 Å². The van der Waals surface area contributed by atoms with Crippen LogP contribution in [0.1, 0.15) is 12.0 Å². The molecule has 0 radical (unpaired) electrons. The average Bonchev–Trinajstić information content (AvgIpc) is 3.10. The van der Waals surface area contributed by atoms with Crippen LogP contribution in [0.2, 0.25) is 0 Å². The molecule has 0 spiro atoms. The van der Waals surface area contributed by atoms with Crippen molar-refractivity contribution >= 4 is 12.0 Å². The van der Waals surface area contributed by atoms with Gasteiger partial charge in [-0.05, 0) is 42.3 Å². The number of methoxy groups -OCH3 is 2. The highest BCUT2D eigenvalue weighted by Crippen LogP contribution is 2.27. The molecule has 0 aliphatic rings. The fourth-order valence-electron chi connectivity index (χ4n) is 2.18. The number of hydrogen-bond acceptors (Lipinski definition) is 3. The van der Waals surface area contributed by atoms with Gasteiger partial charge in [0.2, 0.25) is 5.91 Å². The highest BCUT2D eigenvalue weighted by Gasteiger charge is 2.03. The van der Waals surface area contributed by atoms with Crippen molar-refractivity contribution in [2.45, 2.75) is 13.0 Å². The lowest BCUT2D eigenvalue weighted by Gasteiger charge is -2.07. The number of amides is 1. The lowest BCUT2D eigenvalue weighted by Crippen LogP contribution is -2.22. The third kappa shape index (κ3) is 5.21. The number of carbonyl (C=O) groups is 1. The van der Waals surface area contributed by atoms with Gasteiger partial charge in [0, 0.05) is 31.6 Å². The molecule has 0 aliphatic carbocycles. The number of rotatable bonds is 8. The van der Waals surface area contributed by atoms with Crippen molar-refractivity contribution in [3.05, 3.63) is 54.4 Å². The molecule has 0 saturated carbocycles. The summed E-state index contributed by atoms with van der Waals surface area (Å²) in [5.74, 6) is 1.20. The third-order valence-corrected chi connectivity index (χ3v) is 3.39. The van der Waals surface area contributed by atoms with Gasteiger partial charge in [-0.1, -0.05) is 6.07 Å². The lowest BCUT2D eigenvalue weighted by atomic mass is 10.2. The first-order valence-electron chi connectivity index (χ1n) is 7.51. The Balaban J connectivity index is 1.79. The Kier molecular flexibility index (Phi) is 6.29. The molecule has 122 valence electrons. The van der Waals surface area contributed by atoms with Crippen LogP contribution in [0.4, 0.5) is 0 Å². The summed E-state index contributed by atoms with van der Waals surface area (Å²) in [6, 6.07) is 9.49. The van der Waals surface area contributed by atoms with Gasteiger partial charge >= 0.3 is 0 Å². The van der Waals surface area contributed by atoms with Gasteiger partial charge in [-0.2, -0.15) is 0 Å². The smallest absolute Gasteiger partial charge is 0.244 e. The molecular weight excluding hydrogens is 292 g/mol. The second kappa shape index (κ2) is 8.68. The molecule has 2 aromatic rings. The lowest BCUT2D eigenvalue weighted by molar-refractivity contribution is -0.116. The molecule has 1 aromatic carbocycles. The SMILES string of the molecule is COc1ccc(C=CC(=O)NCCCn2cccc2)cc1OC. The predicted molar refractivity (Wildman–Crippen MR) is 90.6 cm³/mol. The molecule has 1 heterocycles. The summed E-state index contributed by atoms with van der Waals surface area (Å²) >= 11 is 0. The second-order valence-electron chi connectivity index (χ2n) is 5.01. The molecule has 0 atom stereocenters. The Bertz CT molecular complexity index is 648. The normalized spacial score (nSPS) is 10.7. The van der Waals surface area contributed by atoms with Crippen molar-refractivity contribution < 1.29 is 14.3 Å². The van der Waals surface area contributed by atoms with E-state index in [1.165, 1.54) is 6.08 Å². The number of nitrogens with one attached hydrogen (secondary N) is 1. The van der Waals surface area contributed by atoms with E-state index in [1.54, 1.807) is 20.3 Å². The van der Waals surface area contributed by atoms with E-state index in [-0.39, 0.29) is 5.91 Å². The minimum atomic E-state index is -0.104. The largest absolute Gasteiger partial charge is 0.493 e. The Morgan fingerprint density at radius 1 is 1.17 bits per heavy atom. The molecule has 1 aromatic heterocycles. The molecule has 0 saturated heterocycles. The van der Waals surface area contributed by atoms with Crippen molar-refractivity contribution in [2.75, 3.05) is 20.8 Å². The zero-order valence-electron chi connectivity index (χ0n) is 13.5. The van der Waals surface area contributed by atoms with Crippen LogP contribution in [0, 0.1) is 0 Å². The molecule has 0 aliphatic heterocycles. The minimum Gasteiger partial charge on any atom is -0.493 e. The second-order valence-corrected chi connectivity index (χ2v) is 5.01. The molecule has 1 amide bonds. The zero-order valence-corrected chi connectivity index (χ0v) is 13.5. The highest BCUT2D eigenvalue weighted by atomic mass is 16.5. The maximum Gasteiger partial charge on any atom is 0.244 e. The van der Waals surface area contributed by atoms with E-state index in [2.05, 4.69) is 9.88 Å². The molecular formula is C18H22N2O3. The zero-order chi connectivity index (χ0) is 16.5. The number of nitrogens with zero attached hydrogens (tertiary/aromatic N) is 1. The first-order valence-corrected chi connectivity index (χ1v) is 7.51. The Morgan fingerprint density at radius 3 is 2.61 bits per heavy atom. The molecule has 2 rings (SSSR count). The van der Waals surface area contributed by atoms with Crippen LogP contribution in [-0.2, 0) is 11.3 Å². The van der Waals surface area contributed by atoms with E-state index >= 15 is 0 Å². The summed E-state index contributed by atoms with van der Waals surface area (Å²) in [4.78, 5) is 11.8. The first kappa shape index (κ1) is 16.7. The Labute approximate surface area is 136 Å². The molecule has 0 fully saturated rings. The number of benzene rings is 1. The van der Waals surface area contributed by atoms with Crippen molar-refractivity contribution in [1.82, 2.24) is 9.88 Å². The van der Waals surface area contributed by atoms with Crippen LogP contribution in [0.15, 0.2) is 48.8 Å². The van der Waals surface area contributed by atoms with Gasteiger partial charge in [-0.15, -0.1) is 0 Å². The molecule has 1 N–H and O–H groups in total. The molecule has 23 heavy (non-hydrogen) atoms. The van der Waals surface area contributed by atoms with Gasteiger partial charge < -0.3 is 19.4 Å². The van der Waals surface area contributed by atoms with Crippen LogP contribution in [-0.4, -0.2) is 31.2 Å². The van der Waals surface area contributed by atoms with Crippen LogP contribution in [0.5, 0.6) is 11.5 Å². The average molecular weight is 314 g/mol. The minimum absolute atomic E-state index is 0.104. The van der Waals surface area contributed by atoms with E-state index in [0.29, 0.717) is 18.0 Å². The fraction of sp³-hybridized carbons (Fsp3) is 0.278. The van der Waals surface area contributed by atoms with E-state index < -0.39 is 0 Å². The van der Waals surface area contributed by atoms with E-state index in [1.807, 2.05) is 42.7 Å². The number of ether oxygens (including phenoxy) is 2. The quantitative estimate of drug-likeness (QED) is 0.602. The van der Waals surface area contributed by atoms with Gasteiger partial charge in [0.1, 0.15) is 0 Å². The predicted octanol–water partition coefficient (Wildman–Crippen LogP) is 2.73. The summed E-state index contributed by atoms with van der Waals surface area (Å²) in [5, 5.41) is 2.87. The number of hydrogen-bond donors (Lipinski definition) is 1. The fourth-order valence-corrected chi connectivity index (χ4v) is 2.18. The Hall–Kier alpha value is -2.69. The third-order valence-electron chi connectivity index (χ3n) is 3.39. The number of aromatic nitrogens is 1. The van der Waals surface area contributed by atoms with Gasteiger partial charge in [0.05, 0.1) is 14.2 Å². The summed E-state index contributed by atoms with van der Waals surface area (Å²) in [6.45, 7) is 1.54. The van der Waals surface area contributed by atoms with Crippen LogP contribution < -0.4 is 14.8 Å². The van der Waals surface area contributed by atoms with Crippen LogP contribution in [0.25, 0.3) is 6.08 Å². The maximum atomic E-state index is 11.8. The summed E-state index contributed by atoms with van der Waals surface area (Å²) < 4.78 is 12.5. The van der Waals surface area contributed by atoms with Gasteiger partial charge in [-0.3, -0.25) is 4.79 Å². The molecule has 0 unspecified atom stereocenters. The van der Waals surface area contributed by atoms with Gasteiger partial charge in [0.25, 0.3) is 0 Å². The molecule has 5 heteroatoms. The topological polar surface area (TPSA) is 52.5 Å². The van der Waals surface area contributed by atoms with Crippen molar-refractivity contribution in [3.63, 3.8) is 0 Å². The van der Waals surface area contributed by atoms with Crippen LogP contribution in [0.3, 0.4) is 0 Å². The first-order chi connectivity index (χ1) is 11.2.